The van der Waals surface area contributed by atoms with Crippen LogP contribution in [-0.4, -0.2) is 21.7 Å². The largest absolute Gasteiger partial charge is 0.508 e. The van der Waals surface area contributed by atoms with Gasteiger partial charge in [0.15, 0.2) is 0 Å². The van der Waals surface area contributed by atoms with E-state index >= 15 is 0 Å². The van der Waals surface area contributed by atoms with Crippen molar-refractivity contribution in [2.75, 3.05) is 6.54 Å². The van der Waals surface area contributed by atoms with Crippen LogP contribution in [0.4, 0.5) is 5.69 Å². The van der Waals surface area contributed by atoms with Crippen molar-refractivity contribution < 1.29 is 15.1 Å². The van der Waals surface area contributed by atoms with E-state index in [9.17, 15) is 20.3 Å². The molecule has 0 amide bonds. The molecular formula is C17H20N2O4. The molecule has 2 rings (SSSR count). The second-order valence-corrected chi connectivity index (χ2v) is 5.33. The Morgan fingerprint density at radius 1 is 1.17 bits per heavy atom. The highest BCUT2D eigenvalue weighted by Gasteiger charge is 2.18. The van der Waals surface area contributed by atoms with Crippen molar-refractivity contribution in [3.05, 3.63) is 63.7 Å². The summed E-state index contributed by atoms with van der Waals surface area (Å²) in [6.45, 7) is 2.83. The quantitative estimate of drug-likeness (QED) is 0.413. The Labute approximate surface area is 134 Å². The van der Waals surface area contributed by atoms with E-state index in [0.717, 1.165) is 24.9 Å². The Kier molecular flexibility index (Phi) is 5.54. The van der Waals surface area contributed by atoms with Gasteiger partial charge in [-0.3, -0.25) is 10.1 Å². The number of phenols is 2. The molecule has 0 fully saturated rings. The average Bonchev–Trinajstić information content (AvgIpc) is 2.53. The molecule has 0 bridgehead atoms. The first kappa shape index (κ1) is 16.8. The van der Waals surface area contributed by atoms with Gasteiger partial charge in [-0.1, -0.05) is 25.5 Å². The minimum atomic E-state index is -0.443. The van der Waals surface area contributed by atoms with Crippen LogP contribution < -0.4 is 5.32 Å². The number of benzene rings is 2. The lowest BCUT2D eigenvalue weighted by Crippen LogP contribution is -2.23. The Balaban J connectivity index is 2.34. The fourth-order valence-corrected chi connectivity index (χ4v) is 2.40. The summed E-state index contributed by atoms with van der Waals surface area (Å²) in [4.78, 5) is 10.3. The molecule has 23 heavy (non-hydrogen) atoms. The van der Waals surface area contributed by atoms with Gasteiger partial charge in [0, 0.05) is 23.8 Å². The molecule has 2 aromatic rings. The third-order valence-corrected chi connectivity index (χ3v) is 3.64. The van der Waals surface area contributed by atoms with Crippen molar-refractivity contribution >= 4 is 5.69 Å². The van der Waals surface area contributed by atoms with Crippen molar-refractivity contribution in [2.24, 2.45) is 0 Å². The molecule has 0 saturated carbocycles. The molecule has 0 radical (unpaired) electrons. The molecule has 2 aromatic carbocycles. The van der Waals surface area contributed by atoms with Crippen molar-refractivity contribution in [1.82, 2.24) is 5.32 Å². The molecule has 0 aliphatic heterocycles. The maximum Gasteiger partial charge on any atom is 0.269 e. The zero-order chi connectivity index (χ0) is 16.8. The molecule has 0 heterocycles. The number of aromatic hydroxyl groups is 2. The molecular weight excluding hydrogens is 296 g/mol. The van der Waals surface area contributed by atoms with Crippen LogP contribution in [0, 0.1) is 10.1 Å². The highest BCUT2D eigenvalue weighted by molar-refractivity contribution is 5.46. The zero-order valence-electron chi connectivity index (χ0n) is 12.9. The van der Waals surface area contributed by atoms with E-state index < -0.39 is 4.92 Å². The predicted molar refractivity (Wildman–Crippen MR) is 87.6 cm³/mol. The Bertz CT molecular complexity index is 671. The van der Waals surface area contributed by atoms with Gasteiger partial charge >= 0.3 is 0 Å². The molecule has 0 spiro atoms. The second kappa shape index (κ2) is 7.60. The highest BCUT2D eigenvalue weighted by atomic mass is 16.6. The lowest BCUT2D eigenvalue weighted by molar-refractivity contribution is -0.384. The fourth-order valence-electron chi connectivity index (χ4n) is 2.40. The number of phenolic OH excluding ortho intramolecular Hbond substituents is 2. The zero-order valence-corrected chi connectivity index (χ0v) is 12.9. The summed E-state index contributed by atoms with van der Waals surface area (Å²) >= 11 is 0. The first-order valence-electron chi connectivity index (χ1n) is 7.52. The number of hydrogen-bond donors (Lipinski definition) is 3. The van der Waals surface area contributed by atoms with Gasteiger partial charge < -0.3 is 15.5 Å². The highest BCUT2D eigenvalue weighted by Crippen LogP contribution is 2.32. The number of rotatable bonds is 7. The van der Waals surface area contributed by atoms with Crippen LogP contribution >= 0.6 is 0 Å². The van der Waals surface area contributed by atoms with Crippen LogP contribution in [0.25, 0.3) is 0 Å². The summed E-state index contributed by atoms with van der Waals surface area (Å²) in [6, 6.07) is 10.4. The molecule has 6 heteroatoms. The topological polar surface area (TPSA) is 95.6 Å². The Morgan fingerprint density at radius 3 is 2.43 bits per heavy atom. The third-order valence-electron chi connectivity index (χ3n) is 3.64. The van der Waals surface area contributed by atoms with Gasteiger partial charge in [0.2, 0.25) is 0 Å². The maximum atomic E-state index is 10.8. The van der Waals surface area contributed by atoms with E-state index in [4.69, 9.17) is 0 Å². The monoisotopic (exact) mass is 316 g/mol. The number of nitrogens with zero attached hydrogens (tertiary/aromatic N) is 1. The summed E-state index contributed by atoms with van der Waals surface area (Å²) in [5, 5.41) is 33.7. The molecule has 0 saturated heterocycles. The van der Waals surface area contributed by atoms with Gasteiger partial charge in [0.05, 0.1) is 11.0 Å². The lowest BCUT2D eigenvalue weighted by atomic mass is 9.97. The second-order valence-electron chi connectivity index (χ2n) is 5.33. The van der Waals surface area contributed by atoms with E-state index in [1.807, 2.05) is 0 Å². The normalized spacial score (nSPS) is 12.0. The fraction of sp³-hybridized carbons (Fsp3) is 0.294. The van der Waals surface area contributed by atoms with Crippen molar-refractivity contribution in [3.8, 4) is 11.5 Å². The lowest BCUT2D eigenvalue weighted by Gasteiger charge is -2.21. The molecule has 1 unspecified atom stereocenters. The Morgan fingerprint density at radius 2 is 1.87 bits per heavy atom. The molecule has 0 aliphatic carbocycles. The van der Waals surface area contributed by atoms with Crippen LogP contribution in [-0.2, 0) is 0 Å². The summed E-state index contributed by atoms with van der Waals surface area (Å²) in [6.07, 6.45) is 2.00. The standard InChI is InChI=1S/C17H20N2O4/c1-2-3-10-18-17(15-9-8-14(20)11-16(15)21)12-4-6-13(7-5-12)19(22)23/h4-9,11,17-18,20-21H,2-3,10H2,1H3. The number of nitrogens with one attached hydrogen (secondary N) is 1. The number of nitro groups is 1. The van der Waals surface area contributed by atoms with Gasteiger partial charge in [-0.25, -0.2) is 0 Å². The van der Waals surface area contributed by atoms with Crippen LogP contribution in [0.2, 0.25) is 0 Å². The summed E-state index contributed by atoms with van der Waals surface area (Å²) in [5.41, 5.74) is 1.46. The summed E-state index contributed by atoms with van der Waals surface area (Å²) in [7, 11) is 0. The first-order chi connectivity index (χ1) is 11.0. The Hall–Kier alpha value is -2.60. The average molecular weight is 316 g/mol. The van der Waals surface area contributed by atoms with E-state index in [2.05, 4.69) is 12.2 Å². The minimum absolute atomic E-state index is 0.0118. The van der Waals surface area contributed by atoms with Gasteiger partial charge in [-0.05, 0) is 30.7 Å². The van der Waals surface area contributed by atoms with E-state index in [-0.39, 0.29) is 23.2 Å². The van der Waals surface area contributed by atoms with Crippen LogP contribution in [0.1, 0.15) is 36.9 Å². The number of hydrogen-bond acceptors (Lipinski definition) is 5. The van der Waals surface area contributed by atoms with Gasteiger partial charge in [-0.2, -0.15) is 0 Å². The molecule has 122 valence electrons. The van der Waals surface area contributed by atoms with Gasteiger partial charge in [-0.15, -0.1) is 0 Å². The van der Waals surface area contributed by atoms with E-state index in [1.54, 1.807) is 18.2 Å². The van der Waals surface area contributed by atoms with E-state index in [0.29, 0.717) is 5.56 Å². The molecule has 3 N–H and O–H groups in total. The van der Waals surface area contributed by atoms with Gasteiger partial charge in [0.1, 0.15) is 11.5 Å². The molecule has 0 aromatic heterocycles. The predicted octanol–water partition coefficient (Wildman–Crippen LogP) is 3.49. The number of non-ortho nitro benzene ring substituents is 1. The molecule has 6 nitrogen and oxygen atoms in total. The van der Waals surface area contributed by atoms with Crippen molar-refractivity contribution in [3.63, 3.8) is 0 Å². The number of nitro benzene ring substituents is 1. The molecule has 0 aliphatic rings. The van der Waals surface area contributed by atoms with Crippen LogP contribution in [0.15, 0.2) is 42.5 Å². The van der Waals surface area contributed by atoms with Crippen molar-refractivity contribution in [1.29, 1.82) is 0 Å². The van der Waals surface area contributed by atoms with Crippen molar-refractivity contribution in [2.45, 2.75) is 25.8 Å². The summed E-state index contributed by atoms with van der Waals surface area (Å²) < 4.78 is 0. The summed E-state index contributed by atoms with van der Waals surface area (Å²) in [5.74, 6) is -0.0281. The molecule has 1 atom stereocenters. The maximum absolute atomic E-state index is 10.8. The van der Waals surface area contributed by atoms with E-state index in [1.165, 1.54) is 24.3 Å². The number of unbranched alkanes of at least 4 members (excludes halogenated alkanes) is 1. The first-order valence-corrected chi connectivity index (χ1v) is 7.52. The third kappa shape index (κ3) is 4.20. The smallest absolute Gasteiger partial charge is 0.269 e. The van der Waals surface area contributed by atoms with Crippen LogP contribution in [0.3, 0.4) is 0 Å². The van der Waals surface area contributed by atoms with Crippen LogP contribution in [0.5, 0.6) is 11.5 Å². The van der Waals surface area contributed by atoms with Gasteiger partial charge in [0.25, 0.3) is 5.69 Å². The SMILES string of the molecule is CCCCNC(c1ccc([N+](=O)[O-])cc1)c1ccc(O)cc1O. The minimum Gasteiger partial charge on any atom is -0.508 e.